The van der Waals surface area contributed by atoms with Crippen LogP contribution in [0.5, 0.6) is 0 Å². The van der Waals surface area contributed by atoms with Crippen LogP contribution in [0.25, 0.3) is 22.5 Å². The van der Waals surface area contributed by atoms with E-state index in [4.69, 9.17) is 44.1 Å². The zero-order valence-corrected chi connectivity index (χ0v) is 22.1. The molecule has 2 heterocycles. The molecule has 4 rings (SSSR count). The minimum absolute atomic E-state index is 0.103. The van der Waals surface area contributed by atoms with Crippen LogP contribution in [0.1, 0.15) is 54.3 Å². The lowest BCUT2D eigenvalue weighted by Gasteiger charge is -2.14. The molecule has 0 saturated carbocycles. The van der Waals surface area contributed by atoms with Crippen molar-refractivity contribution in [2.24, 2.45) is 0 Å². The van der Waals surface area contributed by atoms with E-state index >= 15 is 0 Å². The summed E-state index contributed by atoms with van der Waals surface area (Å²) in [7, 11) is 0. The maximum atomic E-state index is 12.3. The molecule has 0 N–H and O–H groups in total. The van der Waals surface area contributed by atoms with Crippen molar-refractivity contribution in [3.63, 3.8) is 0 Å². The predicted octanol–water partition coefficient (Wildman–Crippen LogP) is 6.99. The minimum Gasteiger partial charge on any atom is -0.461 e. The van der Waals surface area contributed by atoms with Crippen LogP contribution >= 0.6 is 34.8 Å². The minimum atomic E-state index is -1.82. The summed E-state index contributed by atoms with van der Waals surface area (Å²) in [4.78, 5) is 16.6. The zero-order valence-electron chi connectivity index (χ0n) is 19.9. The van der Waals surface area contributed by atoms with Gasteiger partial charge in [0.25, 0.3) is 9.68 Å². The van der Waals surface area contributed by atoms with Gasteiger partial charge in [-0.05, 0) is 42.5 Å². The Morgan fingerprint density at radius 2 is 1.72 bits per heavy atom. The highest BCUT2D eigenvalue weighted by Crippen LogP contribution is 2.39. The molecular formula is C26H25Cl3N4O3. The molecule has 0 saturated heterocycles. The zero-order chi connectivity index (χ0) is 25.7. The maximum Gasteiger partial charge on any atom is 0.358 e. The van der Waals surface area contributed by atoms with Crippen molar-refractivity contribution >= 4 is 40.8 Å². The Morgan fingerprint density at radius 1 is 1.03 bits per heavy atom. The van der Waals surface area contributed by atoms with Gasteiger partial charge in [-0.2, -0.15) is 10.1 Å². The van der Waals surface area contributed by atoms with E-state index in [0.717, 1.165) is 47.2 Å². The lowest BCUT2D eigenvalue weighted by Crippen LogP contribution is -2.10. The number of carbonyl (C=O) groups excluding carboxylic acids is 1. The molecule has 2 aromatic heterocycles. The molecule has 0 amide bonds. The quantitative estimate of drug-likeness (QED) is 0.166. The van der Waals surface area contributed by atoms with Gasteiger partial charge in [0, 0.05) is 11.3 Å². The lowest BCUT2D eigenvalue weighted by atomic mass is 9.95. The van der Waals surface area contributed by atoms with Crippen LogP contribution in [0.3, 0.4) is 0 Å². The van der Waals surface area contributed by atoms with Crippen LogP contribution in [0, 0.1) is 0 Å². The molecule has 0 atom stereocenters. The SMILES string of the molecule is CCCCc1cc(C(=O)OCC)nn1Cc1ccccc1-c1ccccc1-c1noc(C(Cl)(Cl)Cl)n1. The molecular weight excluding hydrogens is 523 g/mol. The average molecular weight is 548 g/mol. The number of hydrogen-bond acceptors (Lipinski definition) is 6. The number of benzene rings is 2. The van der Waals surface area contributed by atoms with Crippen LogP contribution < -0.4 is 0 Å². The van der Waals surface area contributed by atoms with Gasteiger partial charge in [0.1, 0.15) is 0 Å². The first kappa shape index (κ1) is 26.2. The normalized spacial score (nSPS) is 11.6. The second-order valence-electron chi connectivity index (χ2n) is 8.13. The predicted molar refractivity (Wildman–Crippen MR) is 140 cm³/mol. The molecule has 0 aliphatic rings. The van der Waals surface area contributed by atoms with Gasteiger partial charge in [0.05, 0.1) is 13.2 Å². The number of alkyl halides is 3. The Labute approximate surface area is 224 Å². The largest absolute Gasteiger partial charge is 0.461 e. The van der Waals surface area contributed by atoms with E-state index in [-0.39, 0.29) is 5.89 Å². The number of unbranched alkanes of at least 4 members (excludes halogenated alkanes) is 1. The first-order chi connectivity index (χ1) is 17.3. The first-order valence-electron chi connectivity index (χ1n) is 11.6. The third-order valence-electron chi connectivity index (χ3n) is 5.60. The molecule has 0 bridgehead atoms. The Hall–Kier alpha value is -2.87. The van der Waals surface area contributed by atoms with E-state index in [1.807, 2.05) is 59.3 Å². The van der Waals surface area contributed by atoms with Gasteiger partial charge in [-0.1, -0.05) is 102 Å². The molecule has 188 valence electrons. The number of ether oxygens (including phenoxy) is 1. The van der Waals surface area contributed by atoms with Crippen molar-refractivity contribution in [2.75, 3.05) is 6.61 Å². The van der Waals surface area contributed by atoms with Gasteiger partial charge < -0.3 is 9.26 Å². The summed E-state index contributed by atoms with van der Waals surface area (Å²) in [6.45, 7) is 4.67. The Balaban J connectivity index is 1.74. The van der Waals surface area contributed by atoms with E-state index in [1.54, 1.807) is 6.92 Å². The number of aromatic nitrogens is 4. The smallest absolute Gasteiger partial charge is 0.358 e. The summed E-state index contributed by atoms with van der Waals surface area (Å²) in [6, 6.07) is 17.5. The van der Waals surface area contributed by atoms with Crippen LogP contribution in [0.15, 0.2) is 59.1 Å². The third-order valence-corrected chi connectivity index (χ3v) is 6.08. The number of halogens is 3. The van der Waals surface area contributed by atoms with Gasteiger partial charge in [-0.15, -0.1) is 0 Å². The molecule has 0 unspecified atom stereocenters. The highest BCUT2D eigenvalue weighted by atomic mass is 35.6. The molecule has 0 aliphatic heterocycles. The fourth-order valence-corrected chi connectivity index (χ4v) is 4.13. The van der Waals surface area contributed by atoms with Gasteiger partial charge in [0.15, 0.2) is 5.69 Å². The van der Waals surface area contributed by atoms with Crippen molar-refractivity contribution in [2.45, 2.75) is 43.4 Å². The van der Waals surface area contributed by atoms with Gasteiger partial charge in [-0.25, -0.2) is 4.79 Å². The topological polar surface area (TPSA) is 83.0 Å². The number of carbonyl (C=O) groups is 1. The number of rotatable bonds is 9. The Bertz CT molecular complexity index is 1340. The lowest BCUT2D eigenvalue weighted by molar-refractivity contribution is 0.0518. The van der Waals surface area contributed by atoms with E-state index in [9.17, 15) is 4.79 Å². The number of esters is 1. The third kappa shape index (κ3) is 5.91. The van der Waals surface area contributed by atoms with Gasteiger partial charge in [-0.3, -0.25) is 4.68 Å². The Morgan fingerprint density at radius 3 is 2.39 bits per heavy atom. The van der Waals surface area contributed by atoms with E-state index in [1.165, 1.54) is 0 Å². The summed E-state index contributed by atoms with van der Waals surface area (Å²) in [5.74, 6) is -0.210. The second kappa shape index (κ2) is 11.5. The van der Waals surface area contributed by atoms with Crippen molar-refractivity contribution in [1.29, 1.82) is 0 Å². The summed E-state index contributed by atoms with van der Waals surface area (Å²) in [6.07, 6.45) is 2.83. The van der Waals surface area contributed by atoms with Crippen molar-refractivity contribution in [3.8, 4) is 22.5 Å². The van der Waals surface area contributed by atoms with Crippen LogP contribution in [-0.2, 0) is 21.5 Å². The van der Waals surface area contributed by atoms with Crippen LogP contribution in [0.4, 0.5) is 0 Å². The maximum absolute atomic E-state index is 12.3. The number of aryl methyl sites for hydroxylation is 1. The average Bonchev–Trinajstić information content (AvgIpc) is 3.51. The summed E-state index contributed by atoms with van der Waals surface area (Å²) >= 11 is 17.8. The fourth-order valence-electron chi connectivity index (χ4n) is 3.90. The molecule has 10 heteroatoms. The van der Waals surface area contributed by atoms with E-state index < -0.39 is 9.76 Å². The molecule has 0 fully saturated rings. The van der Waals surface area contributed by atoms with E-state index in [2.05, 4.69) is 22.2 Å². The highest BCUT2D eigenvalue weighted by Gasteiger charge is 2.31. The Kier molecular flexibility index (Phi) is 8.34. The van der Waals surface area contributed by atoms with Crippen molar-refractivity contribution in [1.82, 2.24) is 19.9 Å². The number of hydrogen-bond donors (Lipinski definition) is 0. The highest BCUT2D eigenvalue weighted by molar-refractivity contribution is 6.66. The van der Waals surface area contributed by atoms with E-state index in [0.29, 0.717) is 24.7 Å². The molecule has 0 aliphatic carbocycles. The van der Waals surface area contributed by atoms with Crippen LogP contribution in [0.2, 0.25) is 0 Å². The van der Waals surface area contributed by atoms with Gasteiger partial charge >= 0.3 is 5.97 Å². The second-order valence-corrected chi connectivity index (χ2v) is 10.4. The van der Waals surface area contributed by atoms with Crippen molar-refractivity contribution < 1.29 is 14.1 Å². The molecule has 7 nitrogen and oxygen atoms in total. The van der Waals surface area contributed by atoms with Crippen LogP contribution in [-0.4, -0.2) is 32.5 Å². The fraction of sp³-hybridized carbons (Fsp3) is 0.308. The van der Waals surface area contributed by atoms with Crippen molar-refractivity contribution in [3.05, 3.63) is 77.4 Å². The molecule has 2 aromatic carbocycles. The molecule has 0 radical (unpaired) electrons. The molecule has 36 heavy (non-hydrogen) atoms. The standard InChI is InChI=1S/C26H25Cl3N4O3/c1-3-5-11-18-15-22(24(34)35-4-2)31-33(18)16-17-10-6-7-12-19(17)20-13-8-9-14-21(20)23-30-25(36-32-23)26(27,28)29/h6-10,12-15H,3-5,11,16H2,1-2H3. The summed E-state index contributed by atoms with van der Waals surface area (Å²) in [5, 5.41) is 8.61. The first-order valence-corrected chi connectivity index (χ1v) is 12.8. The summed E-state index contributed by atoms with van der Waals surface area (Å²) < 4.78 is 10.4. The summed E-state index contributed by atoms with van der Waals surface area (Å²) in [5.41, 5.74) is 4.88. The molecule has 0 spiro atoms. The van der Waals surface area contributed by atoms with Gasteiger partial charge in [0.2, 0.25) is 5.82 Å². The molecule has 4 aromatic rings. The number of nitrogens with zero attached hydrogens (tertiary/aromatic N) is 4. The monoisotopic (exact) mass is 546 g/mol.